The number of nitrogens with one attached hydrogen (secondary N) is 3. The van der Waals surface area contributed by atoms with Crippen LogP contribution in [0.25, 0.3) is 0 Å². The average molecular weight is 501 g/mol. The van der Waals surface area contributed by atoms with E-state index in [-0.39, 0.29) is 25.3 Å². The Morgan fingerprint density at radius 1 is 0.970 bits per heavy atom. The standard InChI is InChI=1S/C23H21ClN4O3S2/c24-16-7-8-20-18(12-16)28(14-15-4-1-2-6-19(15)33-20)23(31)27-26-21(29)9-10-25-22(30)13-17-5-3-11-32-17/h1-8,11-12H,9-10,13-14H2,(H,25,30)(H,26,29)(H,27,31). The van der Waals surface area contributed by atoms with Crippen LogP contribution < -0.4 is 21.1 Å². The molecule has 1 aromatic heterocycles. The molecule has 0 spiro atoms. The van der Waals surface area contributed by atoms with Crippen LogP contribution in [0.3, 0.4) is 0 Å². The quantitative estimate of drug-likeness (QED) is 0.454. The molecule has 0 fully saturated rings. The number of amides is 4. The highest BCUT2D eigenvalue weighted by molar-refractivity contribution is 7.99. The molecule has 0 atom stereocenters. The van der Waals surface area contributed by atoms with E-state index in [0.717, 1.165) is 20.2 Å². The van der Waals surface area contributed by atoms with Gasteiger partial charge in [0.15, 0.2) is 0 Å². The van der Waals surface area contributed by atoms with Gasteiger partial charge in [-0.25, -0.2) is 10.2 Å². The number of halogens is 1. The van der Waals surface area contributed by atoms with Crippen LogP contribution >= 0.6 is 34.7 Å². The lowest BCUT2D eigenvalue weighted by atomic mass is 10.2. The molecule has 3 N–H and O–H groups in total. The van der Waals surface area contributed by atoms with Crippen molar-refractivity contribution in [3.05, 3.63) is 75.4 Å². The molecule has 33 heavy (non-hydrogen) atoms. The second-order valence-corrected chi connectivity index (χ2v) is 9.79. The third-order valence-corrected chi connectivity index (χ3v) is 7.17. The van der Waals surface area contributed by atoms with Crippen LogP contribution in [0.1, 0.15) is 16.9 Å². The molecule has 10 heteroatoms. The van der Waals surface area contributed by atoms with E-state index in [2.05, 4.69) is 16.2 Å². The number of thiophene rings is 1. The molecule has 1 aliphatic rings. The lowest BCUT2D eigenvalue weighted by Crippen LogP contribution is -2.49. The molecule has 170 valence electrons. The summed E-state index contributed by atoms with van der Waals surface area (Å²) in [6.07, 6.45) is 0.323. The van der Waals surface area contributed by atoms with Crippen molar-refractivity contribution < 1.29 is 14.4 Å². The third-order valence-electron chi connectivity index (χ3n) is 4.88. The van der Waals surface area contributed by atoms with Gasteiger partial charge in [-0.1, -0.05) is 47.6 Å². The summed E-state index contributed by atoms with van der Waals surface area (Å²) in [4.78, 5) is 41.5. The van der Waals surface area contributed by atoms with E-state index in [4.69, 9.17) is 11.6 Å². The van der Waals surface area contributed by atoms with E-state index in [1.54, 1.807) is 28.8 Å². The predicted molar refractivity (Wildman–Crippen MR) is 131 cm³/mol. The number of rotatable bonds is 5. The first kappa shape index (κ1) is 23.2. The summed E-state index contributed by atoms with van der Waals surface area (Å²) in [6, 6.07) is 16.5. The van der Waals surface area contributed by atoms with Crippen molar-refractivity contribution in [2.45, 2.75) is 29.2 Å². The fourth-order valence-corrected chi connectivity index (χ4v) is 5.21. The van der Waals surface area contributed by atoms with Gasteiger partial charge in [0.1, 0.15) is 0 Å². The maximum Gasteiger partial charge on any atom is 0.340 e. The van der Waals surface area contributed by atoms with E-state index >= 15 is 0 Å². The Bertz CT molecular complexity index is 1170. The van der Waals surface area contributed by atoms with Gasteiger partial charge in [-0.3, -0.25) is 19.9 Å². The van der Waals surface area contributed by atoms with Crippen LogP contribution in [0.5, 0.6) is 0 Å². The molecule has 1 aliphatic heterocycles. The molecule has 4 amide bonds. The van der Waals surface area contributed by atoms with Crippen molar-refractivity contribution >= 4 is 58.2 Å². The number of hydrogen-bond acceptors (Lipinski definition) is 5. The number of carbonyl (C=O) groups excluding carboxylic acids is 3. The van der Waals surface area contributed by atoms with Crippen LogP contribution in [0, 0.1) is 0 Å². The van der Waals surface area contributed by atoms with E-state index < -0.39 is 11.9 Å². The number of urea groups is 1. The third kappa shape index (κ3) is 6.07. The van der Waals surface area contributed by atoms with Gasteiger partial charge in [-0.2, -0.15) is 0 Å². The molecule has 0 aliphatic carbocycles. The molecule has 0 radical (unpaired) electrons. The highest BCUT2D eigenvalue weighted by Gasteiger charge is 2.25. The van der Waals surface area contributed by atoms with Crippen LogP contribution in [-0.4, -0.2) is 24.4 Å². The van der Waals surface area contributed by atoms with E-state index in [1.165, 1.54) is 11.3 Å². The smallest absolute Gasteiger partial charge is 0.340 e. The lowest BCUT2D eigenvalue weighted by molar-refractivity contribution is -0.122. The van der Waals surface area contributed by atoms with Gasteiger partial charge < -0.3 is 5.32 Å². The number of hydrazine groups is 1. The molecule has 0 saturated heterocycles. The zero-order chi connectivity index (χ0) is 23.2. The molecule has 7 nitrogen and oxygen atoms in total. The zero-order valence-electron chi connectivity index (χ0n) is 17.5. The fourth-order valence-electron chi connectivity index (χ4n) is 3.28. The first-order valence-electron chi connectivity index (χ1n) is 10.2. The molecule has 2 aromatic carbocycles. The summed E-state index contributed by atoms with van der Waals surface area (Å²) < 4.78 is 0. The summed E-state index contributed by atoms with van der Waals surface area (Å²) in [5.41, 5.74) is 6.54. The Kier molecular flexibility index (Phi) is 7.54. The summed E-state index contributed by atoms with van der Waals surface area (Å²) in [5.74, 6) is -0.556. The first-order chi connectivity index (χ1) is 16.0. The maximum absolute atomic E-state index is 13.0. The van der Waals surface area contributed by atoms with Gasteiger partial charge in [0.2, 0.25) is 11.8 Å². The number of hydrogen-bond donors (Lipinski definition) is 3. The van der Waals surface area contributed by atoms with Gasteiger partial charge >= 0.3 is 6.03 Å². The van der Waals surface area contributed by atoms with Crippen LogP contribution in [-0.2, 0) is 22.6 Å². The molecule has 4 rings (SSSR count). The average Bonchev–Trinajstić information content (AvgIpc) is 3.24. The fraction of sp³-hybridized carbons (Fsp3) is 0.174. The minimum Gasteiger partial charge on any atom is -0.355 e. The van der Waals surface area contributed by atoms with Crippen molar-refractivity contribution in [1.82, 2.24) is 16.2 Å². The minimum absolute atomic E-state index is 0.0392. The number of nitrogens with zero attached hydrogens (tertiary/aromatic N) is 1. The van der Waals surface area contributed by atoms with Gasteiger partial charge in [-0.15, -0.1) is 11.3 Å². The number of fused-ring (bicyclic) bond motifs is 2. The van der Waals surface area contributed by atoms with Crippen molar-refractivity contribution in [3.8, 4) is 0 Å². The highest BCUT2D eigenvalue weighted by Crippen LogP contribution is 2.42. The molecule has 3 aromatic rings. The Morgan fingerprint density at radius 2 is 1.82 bits per heavy atom. The summed E-state index contributed by atoms with van der Waals surface area (Å²) in [5, 5.41) is 5.13. The van der Waals surface area contributed by atoms with Crippen molar-refractivity contribution in [2.24, 2.45) is 0 Å². The zero-order valence-corrected chi connectivity index (χ0v) is 19.9. The molecule has 2 heterocycles. The summed E-state index contributed by atoms with van der Waals surface area (Å²) in [6.45, 7) is 0.509. The second-order valence-electron chi connectivity index (χ2n) is 7.24. The van der Waals surface area contributed by atoms with Gasteiger partial charge in [-0.05, 0) is 41.3 Å². The first-order valence-corrected chi connectivity index (χ1v) is 12.3. The second kappa shape index (κ2) is 10.7. The number of anilines is 1. The van der Waals surface area contributed by atoms with Crippen LogP contribution in [0.4, 0.5) is 10.5 Å². The van der Waals surface area contributed by atoms with E-state index in [1.807, 2.05) is 47.8 Å². The van der Waals surface area contributed by atoms with E-state index in [9.17, 15) is 14.4 Å². The lowest BCUT2D eigenvalue weighted by Gasteiger charge is -2.23. The monoisotopic (exact) mass is 500 g/mol. The van der Waals surface area contributed by atoms with Gasteiger partial charge in [0.25, 0.3) is 0 Å². The van der Waals surface area contributed by atoms with E-state index in [0.29, 0.717) is 17.3 Å². The predicted octanol–water partition coefficient (Wildman–Crippen LogP) is 4.36. The topological polar surface area (TPSA) is 90.5 Å². The minimum atomic E-state index is -0.481. The Morgan fingerprint density at radius 3 is 2.64 bits per heavy atom. The highest BCUT2D eigenvalue weighted by atomic mass is 35.5. The molecular weight excluding hydrogens is 480 g/mol. The van der Waals surface area contributed by atoms with Crippen molar-refractivity contribution in [1.29, 1.82) is 0 Å². The van der Waals surface area contributed by atoms with Crippen molar-refractivity contribution in [3.63, 3.8) is 0 Å². The van der Waals surface area contributed by atoms with Gasteiger partial charge in [0.05, 0.1) is 18.7 Å². The normalized spacial score (nSPS) is 12.2. The Balaban J connectivity index is 1.33. The number of benzene rings is 2. The number of carbonyl (C=O) groups is 3. The molecule has 0 unspecified atom stereocenters. The van der Waals surface area contributed by atoms with Crippen LogP contribution in [0.15, 0.2) is 69.8 Å². The maximum atomic E-state index is 13.0. The van der Waals surface area contributed by atoms with Crippen molar-refractivity contribution in [2.75, 3.05) is 11.4 Å². The molecule has 0 bridgehead atoms. The Labute approximate surface area is 204 Å². The largest absolute Gasteiger partial charge is 0.355 e. The summed E-state index contributed by atoms with van der Waals surface area (Å²) in [7, 11) is 0. The SMILES string of the molecule is O=C(Cc1cccs1)NCCC(=O)NNC(=O)N1Cc2ccccc2Sc2ccc(Cl)cc21. The summed E-state index contributed by atoms with van der Waals surface area (Å²) >= 11 is 9.27. The molecule has 0 saturated carbocycles. The van der Waals surface area contributed by atoms with Crippen LogP contribution in [0.2, 0.25) is 5.02 Å². The van der Waals surface area contributed by atoms with Gasteiger partial charge in [0, 0.05) is 32.7 Å². The molecular formula is C23H21ClN4O3S2. The Hall–Kier alpha value is -3.01.